The molecule has 2 aromatic rings. The Morgan fingerprint density at radius 2 is 1.92 bits per heavy atom. The number of benzene rings is 2. The molecule has 0 radical (unpaired) electrons. The van der Waals surface area contributed by atoms with Gasteiger partial charge in [0, 0.05) is 24.2 Å². The normalized spacial score (nSPS) is 11.8. The van der Waals surface area contributed by atoms with E-state index in [4.69, 9.17) is 11.6 Å². The third-order valence-corrected chi connectivity index (χ3v) is 4.68. The van der Waals surface area contributed by atoms with Crippen molar-refractivity contribution in [2.24, 2.45) is 4.99 Å². The number of alkyl halides is 3. The average molecular weight is 402 g/mol. The van der Waals surface area contributed by atoms with Gasteiger partial charge < -0.3 is 10.2 Å². The summed E-state index contributed by atoms with van der Waals surface area (Å²) in [5, 5.41) is 3.46. The number of hydrogen-bond acceptors (Lipinski definition) is 3. The van der Waals surface area contributed by atoms with Crippen LogP contribution in [0.15, 0.2) is 46.3 Å². The third kappa shape index (κ3) is 5.85. The van der Waals surface area contributed by atoms with E-state index in [1.54, 1.807) is 36.7 Å². The van der Waals surface area contributed by atoms with Crippen molar-refractivity contribution in [2.45, 2.75) is 24.3 Å². The number of hydrogen-bond donors (Lipinski definition) is 1. The molecule has 0 aliphatic carbocycles. The first-order chi connectivity index (χ1) is 12.2. The number of nitrogens with zero attached hydrogens (tertiary/aromatic N) is 2. The molecular formula is C18H19ClF3N3S. The predicted molar refractivity (Wildman–Crippen MR) is 104 cm³/mol. The average Bonchev–Trinajstić information content (AvgIpc) is 2.56. The minimum atomic E-state index is -4.35. The minimum absolute atomic E-state index is 0.0993. The van der Waals surface area contributed by atoms with E-state index in [1.165, 1.54) is 6.07 Å². The second-order valence-corrected chi connectivity index (χ2v) is 7.12. The van der Waals surface area contributed by atoms with Crippen molar-refractivity contribution >= 4 is 46.8 Å². The number of aryl methyl sites for hydroxylation is 1. The lowest BCUT2D eigenvalue weighted by Gasteiger charge is -2.16. The molecule has 0 unspecified atom stereocenters. The molecule has 8 heteroatoms. The molecule has 0 aromatic heterocycles. The van der Waals surface area contributed by atoms with Crippen LogP contribution in [0.5, 0.6) is 0 Å². The van der Waals surface area contributed by atoms with E-state index < -0.39 is 5.51 Å². The van der Waals surface area contributed by atoms with E-state index in [-0.39, 0.29) is 16.7 Å². The van der Waals surface area contributed by atoms with Crippen LogP contribution in [0.3, 0.4) is 0 Å². The molecule has 0 aliphatic heterocycles. The van der Waals surface area contributed by atoms with Crippen LogP contribution in [0.2, 0.25) is 5.02 Å². The van der Waals surface area contributed by atoms with Crippen molar-refractivity contribution in [1.82, 2.24) is 4.90 Å². The van der Waals surface area contributed by atoms with Crippen LogP contribution in [0.25, 0.3) is 0 Å². The summed E-state index contributed by atoms with van der Waals surface area (Å²) < 4.78 is 38.2. The van der Waals surface area contributed by atoms with Gasteiger partial charge in [0.2, 0.25) is 0 Å². The molecule has 3 nitrogen and oxygen atoms in total. The van der Waals surface area contributed by atoms with Gasteiger partial charge in [-0.15, -0.1) is 0 Å². The highest BCUT2D eigenvalue weighted by atomic mass is 35.5. The van der Waals surface area contributed by atoms with Gasteiger partial charge in [0.1, 0.15) is 0 Å². The Kier molecular flexibility index (Phi) is 6.83. The fourth-order valence-corrected chi connectivity index (χ4v) is 2.91. The summed E-state index contributed by atoms with van der Waals surface area (Å²) in [7, 11) is 1.90. The molecule has 0 amide bonds. The van der Waals surface area contributed by atoms with Crippen molar-refractivity contribution < 1.29 is 13.2 Å². The zero-order valence-corrected chi connectivity index (χ0v) is 16.1. The quantitative estimate of drug-likeness (QED) is 0.335. The number of para-hydroxylation sites is 1. The Morgan fingerprint density at radius 3 is 2.58 bits per heavy atom. The van der Waals surface area contributed by atoms with Crippen molar-refractivity contribution in [2.75, 3.05) is 18.9 Å². The lowest BCUT2D eigenvalue weighted by Crippen LogP contribution is -2.14. The SMILES string of the molecule is CCN(C)C=Nc1cc(C)c(Nc2ccccc2SC(F)(F)F)cc1Cl. The highest BCUT2D eigenvalue weighted by Crippen LogP contribution is 2.42. The highest BCUT2D eigenvalue weighted by molar-refractivity contribution is 8.00. The molecule has 0 bridgehead atoms. The summed E-state index contributed by atoms with van der Waals surface area (Å²) in [6, 6.07) is 9.75. The van der Waals surface area contributed by atoms with Crippen molar-refractivity contribution in [3.63, 3.8) is 0 Å². The molecule has 2 aromatic carbocycles. The molecule has 140 valence electrons. The maximum atomic E-state index is 12.7. The highest BCUT2D eigenvalue weighted by Gasteiger charge is 2.30. The Hall–Kier alpha value is -1.86. The summed E-state index contributed by atoms with van der Waals surface area (Å²) in [5.41, 5.74) is -1.92. The van der Waals surface area contributed by atoms with Gasteiger partial charge in [-0.05, 0) is 55.4 Å². The van der Waals surface area contributed by atoms with E-state index >= 15 is 0 Å². The first-order valence-corrected chi connectivity index (χ1v) is 9.05. The van der Waals surface area contributed by atoms with E-state index in [1.807, 2.05) is 25.8 Å². The van der Waals surface area contributed by atoms with Crippen molar-refractivity contribution in [1.29, 1.82) is 0 Å². The van der Waals surface area contributed by atoms with Gasteiger partial charge in [0.05, 0.1) is 22.7 Å². The van der Waals surface area contributed by atoms with E-state index in [2.05, 4.69) is 10.3 Å². The lowest BCUT2D eigenvalue weighted by atomic mass is 10.1. The minimum Gasteiger partial charge on any atom is -0.366 e. The van der Waals surface area contributed by atoms with Gasteiger partial charge in [-0.25, -0.2) is 4.99 Å². The molecule has 0 spiro atoms. The first-order valence-electron chi connectivity index (χ1n) is 7.86. The number of nitrogens with one attached hydrogen (secondary N) is 1. The van der Waals surface area contributed by atoms with Gasteiger partial charge in [0.15, 0.2) is 0 Å². The van der Waals surface area contributed by atoms with E-state index in [9.17, 15) is 13.2 Å². The maximum Gasteiger partial charge on any atom is 0.446 e. The summed E-state index contributed by atoms with van der Waals surface area (Å²) in [5.74, 6) is 0. The molecule has 0 heterocycles. The molecule has 26 heavy (non-hydrogen) atoms. The van der Waals surface area contributed by atoms with Gasteiger partial charge in [-0.1, -0.05) is 23.7 Å². The summed E-state index contributed by atoms with van der Waals surface area (Å²) in [6.45, 7) is 4.66. The van der Waals surface area contributed by atoms with Gasteiger partial charge in [-0.2, -0.15) is 13.2 Å². The lowest BCUT2D eigenvalue weighted by molar-refractivity contribution is -0.0327. The Labute approximate surface area is 160 Å². The fraction of sp³-hybridized carbons (Fsp3) is 0.278. The Bertz CT molecular complexity index is 794. The maximum absolute atomic E-state index is 12.7. The molecule has 0 fully saturated rings. The largest absolute Gasteiger partial charge is 0.446 e. The van der Waals surface area contributed by atoms with Crippen LogP contribution >= 0.6 is 23.4 Å². The molecule has 0 atom stereocenters. The van der Waals surface area contributed by atoms with Crippen LogP contribution in [-0.2, 0) is 0 Å². The molecular weight excluding hydrogens is 383 g/mol. The second kappa shape index (κ2) is 8.68. The molecule has 0 saturated heterocycles. The molecule has 2 rings (SSSR count). The number of thioether (sulfide) groups is 1. The topological polar surface area (TPSA) is 27.6 Å². The van der Waals surface area contributed by atoms with E-state index in [0.717, 1.165) is 12.1 Å². The molecule has 1 N–H and O–H groups in total. The van der Waals surface area contributed by atoms with Gasteiger partial charge in [0.25, 0.3) is 0 Å². The van der Waals surface area contributed by atoms with E-state index in [0.29, 0.717) is 22.1 Å². The van der Waals surface area contributed by atoms with Crippen molar-refractivity contribution in [3.05, 3.63) is 47.0 Å². The summed E-state index contributed by atoms with van der Waals surface area (Å²) >= 11 is 6.13. The predicted octanol–water partition coefficient (Wildman–Crippen LogP) is 6.62. The second-order valence-electron chi connectivity index (χ2n) is 5.61. The molecule has 0 saturated carbocycles. The van der Waals surface area contributed by atoms with Crippen LogP contribution in [0.1, 0.15) is 12.5 Å². The Morgan fingerprint density at radius 1 is 1.23 bits per heavy atom. The number of rotatable bonds is 6. The zero-order valence-electron chi connectivity index (χ0n) is 14.6. The number of halogens is 4. The molecule has 0 aliphatic rings. The summed E-state index contributed by atoms with van der Waals surface area (Å²) in [4.78, 5) is 6.34. The number of anilines is 2. The van der Waals surface area contributed by atoms with Crippen LogP contribution in [-0.4, -0.2) is 30.3 Å². The number of aliphatic imine (C=N–C) groups is 1. The standard InChI is InChI=1S/C18H19ClF3N3S/c1-4-25(3)11-23-16-9-12(2)15(10-13(16)19)24-14-7-5-6-8-17(14)26-18(20,21)22/h5-11,24H,4H2,1-3H3. The van der Waals surface area contributed by atoms with Gasteiger partial charge in [-0.3, -0.25) is 0 Å². The summed E-state index contributed by atoms with van der Waals surface area (Å²) in [6.07, 6.45) is 1.68. The fourth-order valence-electron chi connectivity index (χ4n) is 2.07. The Balaban J connectivity index is 2.29. The third-order valence-electron chi connectivity index (χ3n) is 3.57. The zero-order chi connectivity index (χ0) is 19.3. The smallest absolute Gasteiger partial charge is 0.366 e. The van der Waals surface area contributed by atoms with Crippen LogP contribution in [0, 0.1) is 6.92 Å². The van der Waals surface area contributed by atoms with Crippen LogP contribution in [0.4, 0.5) is 30.2 Å². The van der Waals surface area contributed by atoms with Crippen molar-refractivity contribution in [3.8, 4) is 0 Å². The monoisotopic (exact) mass is 401 g/mol. The van der Waals surface area contributed by atoms with Gasteiger partial charge >= 0.3 is 5.51 Å². The first kappa shape index (κ1) is 20.5. The van der Waals surface area contributed by atoms with Crippen LogP contribution < -0.4 is 5.32 Å².